The monoisotopic (exact) mass is 1060 g/mol. The van der Waals surface area contributed by atoms with Crippen LogP contribution in [0.15, 0.2) is 35.4 Å². The van der Waals surface area contributed by atoms with Gasteiger partial charge in [-0.1, -0.05) is 26.0 Å². The number of methoxy groups -OCH3 is 1. The van der Waals surface area contributed by atoms with Crippen LogP contribution in [0.2, 0.25) is 0 Å². The molecule has 5 N–H and O–H groups in total. The molecule has 0 saturated carbocycles. The molecule has 0 unspecified atom stereocenters. The molecule has 0 spiro atoms. The first-order chi connectivity index (χ1) is 34.0. The Kier molecular flexibility index (Phi) is 20.6. The summed E-state index contributed by atoms with van der Waals surface area (Å²) in [5.41, 5.74) is -4.18. The maximum Gasteiger partial charge on any atom is 0.311 e. The highest BCUT2D eigenvalue weighted by Crippen LogP contribution is 2.40. The fourth-order valence-electron chi connectivity index (χ4n) is 11.0. The van der Waals surface area contributed by atoms with Crippen molar-refractivity contribution in [3.05, 3.63) is 46.3 Å². The summed E-state index contributed by atoms with van der Waals surface area (Å²) in [5, 5.41) is 79.1. The van der Waals surface area contributed by atoms with E-state index in [0.29, 0.717) is 31.6 Å². The summed E-state index contributed by atoms with van der Waals surface area (Å²) < 4.78 is 65.5. The molecule has 73 heavy (non-hydrogen) atoms. The second kappa shape index (κ2) is 24.8. The van der Waals surface area contributed by atoms with Crippen molar-refractivity contribution in [1.29, 1.82) is 0 Å². The predicted molar refractivity (Wildman–Crippen MR) is 267 cm³/mol. The van der Waals surface area contributed by atoms with Gasteiger partial charge < -0.3 is 63.8 Å². The van der Waals surface area contributed by atoms with Gasteiger partial charge in [-0.3, -0.25) is 19.6 Å². The lowest BCUT2D eigenvalue weighted by Gasteiger charge is -2.49. The number of aromatic nitrogens is 3. The molecule has 3 aliphatic heterocycles. The number of sulfone groups is 1. The highest BCUT2D eigenvalue weighted by molar-refractivity contribution is 7.91. The van der Waals surface area contributed by atoms with E-state index >= 15 is 0 Å². The largest absolute Gasteiger partial charge is 0.459 e. The van der Waals surface area contributed by atoms with Crippen LogP contribution in [0.4, 0.5) is 5.69 Å². The number of likely N-dealkylation sites (N-methyl/N-ethyl adjacent to an activating group) is 2. The number of rotatable bonds is 16. The number of esters is 1. The van der Waals surface area contributed by atoms with E-state index < -0.39 is 123 Å². The molecule has 1 aromatic heterocycles. The van der Waals surface area contributed by atoms with Crippen LogP contribution in [0.3, 0.4) is 0 Å². The van der Waals surface area contributed by atoms with Crippen molar-refractivity contribution in [3.63, 3.8) is 0 Å². The molecule has 2 aromatic rings. The number of nitro benzene ring substituents is 1. The van der Waals surface area contributed by atoms with Crippen LogP contribution in [0.1, 0.15) is 107 Å². The van der Waals surface area contributed by atoms with E-state index in [1.807, 2.05) is 37.7 Å². The standard InChI is InChI=1S/C50H84N6O16S/c1-14-39-50(10,62)43(58)33(6)54(12)27-29(2)25-48(8,61)45(31(4)42(32(5)46(60)70-39)71-40-26-49(9,67-13)44(59)34(7)69-40)72-47-41(57)38(24-30(3)68-47)53(11)22-20-35-28-55(52-51-35)21-15-23-73(65,66)37-18-16-36(17-19-37)56(63)64/h16-19,28-34,38-45,47,57-59,61-62H,14-15,20-27H2,1-13H3/t29-,30-,31+,32-,33-,34+,38+,39-,40+,41-,42+,43-,44+,45-,47+,48-,49-,50-/m1/s1. The smallest absolute Gasteiger partial charge is 0.311 e. The Morgan fingerprint density at radius 2 is 1.64 bits per heavy atom. The normalized spacial score (nSPS) is 38.9. The number of carbonyl (C=O) groups excluding carboxylic acids is 1. The molecular formula is C50H84N6O16S. The van der Waals surface area contributed by atoms with Gasteiger partial charge in [0.25, 0.3) is 5.69 Å². The summed E-state index contributed by atoms with van der Waals surface area (Å²) in [6.07, 6.45) is -7.20. The van der Waals surface area contributed by atoms with Crippen LogP contribution < -0.4 is 0 Å². The second-order valence-corrected chi connectivity index (χ2v) is 23.9. The van der Waals surface area contributed by atoms with E-state index in [-0.39, 0.29) is 54.5 Å². The van der Waals surface area contributed by atoms with E-state index in [1.54, 1.807) is 59.3 Å². The summed E-state index contributed by atoms with van der Waals surface area (Å²) in [7, 11) is 1.47. The van der Waals surface area contributed by atoms with E-state index in [0.717, 1.165) is 12.1 Å². The third-order valence-electron chi connectivity index (χ3n) is 15.6. The fraction of sp³-hybridized carbons (Fsp3) is 0.820. The highest BCUT2D eigenvalue weighted by atomic mass is 32.2. The maximum atomic E-state index is 14.5. The lowest BCUT2D eigenvalue weighted by Crippen LogP contribution is -2.61. The summed E-state index contributed by atoms with van der Waals surface area (Å²) >= 11 is 0. The second-order valence-electron chi connectivity index (χ2n) is 21.8. The van der Waals surface area contributed by atoms with E-state index in [1.165, 1.54) is 26.2 Å². The van der Waals surface area contributed by atoms with Gasteiger partial charge in [0.05, 0.1) is 62.8 Å². The van der Waals surface area contributed by atoms with Crippen molar-refractivity contribution in [3.8, 4) is 0 Å². The van der Waals surface area contributed by atoms with Crippen molar-refractivity contribution in [2.75, 3.05) is 40.0 Å². The summed E-state index contributed by atoms with van der Waals surface area (Å²) in [6, 6.07) is 3.68. The summed E-state index contributed by atoms with van der Waals surface area (Å²) in [4.78, 5) is 28.7. The average molecular weight is 1060 g/mol. The average Bonchev–Trinajstić information content (AvgIpc) is 3.79. The van der Waals surface area contributed by atoms with Crippen LogP contribution in [-0.4, -0.2) is 200 Å². The highest BCUT2D eigenvalue weighted by Gasteiger charge is 2.53. The van der Waals surface area contributed by atoms with Crippen molar-refractivity contribution >= 4 is 21.5 Å². The first-order valence-corrected chi connectivity index (χ1v) is 27.2. The Balaban J connectivity index is 1.38. The first kappa shape index (κ1) is 60.6. The maximum absolute atomic E-state index is 14.5. The number of aliphatic hydroxyl groups excluding tert-OH is 3. The third kappa shape index (κ3) is 14.6. The molecule has 0 aliphatic carbocycles. The van der Waals surface area contributed by atoms with E-state index in [2.05, 4.69) is 10.3 Å². The lowest BCUT2D eigenvalue weighted by molar-refractivity contribution is -0.384. The molecular weight excluding hydrogens is 973 g/mol. The van der Waals surface area contributed by atoms with Gasteiger partial charge in [-0.05, 0) is 106 Å². The molecule has 4 heterocycles. The zero-order valence-corrected chi connectivity index (χ0v) is 45.8. The quantitative estimate of drug-likeness (QED) is 0.0918. The number of aryl methyl sites for hydroxylation is 1. The number of non-ortho nitro benzene ring substituents is 1. The van der Waals surface area contributed by atoms with Crippen molar-refractivity contribution in [2.45, 2.75) is 210 Å². The number of benzene rings is 1. The van der Waals surface area contributed by atoms with Gasteiger partial charge in [-0.2, -0.15) is 0 Å². The molecule has 0 radical (unpaired) electrons. The van der Waals surface area contributed by atoms with Crippen molar-refractivity contribution in [2.24, 2.45) is 17.8 Å². The van der Waals surface area contributed by atoms with Crippen LogP contribution in [-0.2, 0) is 56.0 Å². The Hall–Kier alpha value is -3.30. The molecule has 1 aromatic carbocycles. The number of cyclic esters (lactones) is 1. The van der Waals surface area contributed by atoms with Crippen molar-refractivity contribution in [1.82, 2.24) is 24.8 Å². The van der Waals surface area contributed by atoms with Crippen LogP contribution in [0.5, 0.6) is 0 Å². The molecule has 22 nitrogen and oxygen atoms in total. The molecule has 23 heteroatoms. The van der Waals surface area contributed by atoms with Gasteiger partial charge in [-0.25, -0.2) is 8.42 Å². The number of hydrogen-bond acceptors (Lipinski definition) is 20. The Bertz CT molecular complexity index is 2220. The SMILES string of the molecule is CC[C@H]1OC(=O)[C@H](C)[C@@H](O[C@H]2C[C@@](C)(OC)[C@@H](O)[C@H](C)O2)[C@H](C)[C@@H](O[C@@H]2O[C@H](C)C[C@H](N(C)CCc3cn(CCCS(=O)(=O)c4ccc([N+](=O)[O-])cc4)nn3)[C@H]2O)[C@](C)(O)C[C@@H](C)CN(C)[C@H](C)[C@@H](O)[C@]1(C)O. The topological polar surface area (TPSA) is 288 Å². The molecule has 3 aliphatic rings. The van der Waals surface area contributed by atoms with E-state index in [4.69, 9.17) is 28.4 Å². The van der Waals surface area contributed by atoms with E-state index in [9.17, 15) is 48.9 Å². The van der Waals surface area contributed by atoms with Crippen LogP contribution >= 0.6 is 0 Å². The number of ether oxygens (including phenoxy) is 6. The summed E-state index contributed by atoms with van der Waals surface area (Å²) in [6.45, 7) is 18.4. The van der Waals surface area contributed by atoms with Gasteiger partial charge in [0.15, 0.2) is 22.4 Å². The molecule has 0 amide bonds. The molecule has 3 fully saturated rings. The number of carbonyl (C=O) groups is 1. The molecule has 18 atom stereocenters. The lowest BCUT2D eigenvalue weighted by atomic mass is 9.77. The minimum Gasteiger partial charge on any atom is -0.459 e. The minimum atomic E-state index is -3.69. The first-order valence-electron chi connectivity index (χ1n) is 25.6. The number of hydrogen-bond donors (Lipinski definition) is 5. The van der Waals surface area contributed by atoms with Gasteiger partial charge >= 0.3 is 5.97 Å². The predicted octanol–water partition coefficient (Wildman–Crippen LogP) is 2.88. The summed E-state index contributed by atoms with van der Waals surface area (Å²) in [5.74, 6) is -3.11. The zero-order chi connectivity index (χ0) is 54.5. The number of nitro groups is 1. The molecule has 416 valence electrons. The Labute approximate surface area is 430 Å². The van der Waals surface area contributed by atoms with Crippen molar-refractivity contribution < 1.29 is 72.1 Å². The zero-order valence-electron chi connectivity index (χ0n) is 44.9. The van der Waals surface area contributed by atoms with Gasteiger partial charge in [0.1, 0.15) is 30.0 Å². The fourth-order valence-corrected chi connectivity index (χ4v) is 12.3. The Morgan fingerprint density at radius 3 is 2.26 bits per heavy atom. The minimum absolute atomic E-state index is 0.00194. The number of nitrogens with zero attached hydrogens (tertiary/aromatic N) is 6. The van der Waals surface area contributed by atoms with Gasteiger partial charge in [-0.15, -0.1) is 5.10 Å². The number of aliphatic hydroxyl groups is 5. The van der Waals surface area contributed by atoms with Gasteiger partial charge in [0, 0.05) is 75.9 Å². The Morgan fingerprint density at radius 1 is 0.986 bits per heavy atom. The molecule has 3 saturated heterocycles. The van der Waals surface area contributed by atoms with Gasteiger partial charge in [0.2, 0.25) is 0 Å². The molecule has 5 rings (SSSR count). The molecule has 0 bridgehead atoms. The van der Waals surface area contributed by atoms with Crippen LogP contribution in [0, 0.1) is 27.9 Å². The van der Waals surface area contributed by atoms with Crippen LogP contribution in [0.25, 0.3) is 0 Å². The third-order valence-corrected chi connectivity index (χ3v) is 17.4.